The summed E-state index contributed by atoms with van der Waals surface area (Å²) in [6, 6.07) is 54.1. The van der Waals surface area contributed by atoms with E-state index in [0.717, 1.165) is 0 Å². The molecule has 0 spiro atoms. The first-order valence-corrected chi connectivity index (χ1v) is 24.9. The molecule has 79 heavy (non-hydrogen) atoms. The molecule has 0 bridgehead atoms. The van der Waals surface area contributed by atoms with Crippen LogP contribution in [0.1, 0.15) is 72.5 Å². The van der Waals surface area contributed by atoms with E-state index < -0.39 is 116 Å². The van der Waals surface area contributed by atoms with Gasteiger partial charge in [0.2, 0.25) is 12.6 Å². The number of benzene rings is 7. The van der Waals surface area contributed by atoms with Crippen LogP contribution in [-0.4, -0.2) is 122 Å². The Balaban J connectivity index is 1.16. The second kappa shape index (κ2) is 26.1. The van der Waals surface area contributed by atoms with Crippen molar-refractivity contribution in [3.05, 3.63) is 251 Å². The Morgan fingerprint density at radius 1 is 0.304 bits per heavy atom. The lowest BCUT2D eigenvalue weighted by atomic mass is 9.96. The van der Waals surface area contributed by atoms with Crippen molar-refractivity contribution in [3.63, 3.8) is 0 Å². The molecule has 0 amide bonds. The topological polar surface area (TPSA) is 232 Å². The predicted octanol–water partition coefficient (Wildman–Crippen LogP) is 7.66. The Labute approximate surface area is 452 Å². The number of esters is 7. The van der Waals surface area contributed by atoms with Crippen molar-refractivity contribution in [2.45, 2.75) is 61.4 Å². The minimum absolute atomic E-state index is 0.00244. The van der Waals surface area contributed by atoms with Crippen LogP contribution in [0.25, 0.3) is 0 Å². The van der Waals surface area contributed by atoms with Gasteiger partial charge in [0.15, 0.2) is 30.5 Å². The smallest absolute Gasteiger partial charge is 0.338 e. The Hall–Kier alpha value is -9.33. The Morgan fingerprint density at radius 2 is 0.544 bits per heavy atom. The Bertz CT molecular complexity index is 3170. The average molecular weight is 1070 g/mol. The van der Waals surface area contributed by atoms with E-state index in [9.17, 15) is 38.7 Å². The van der Waals surface area contributed by atoms with Crippen molar-refractivity contribution in [2.75, 3.05) is 13.2 Å². The quantitative estimate of drug-likeness (QED) is 0.0642. The van der Waals surface area contributed by atoms with Gasteiger partial charge in [-0.2, -0.15) is 0 Å². The monoisotopic (exact) mass is 1070 g/mol. The molecule has 0 radical (unpaired) electrons. The van der Waals surface area contributed by atoms with Gasteiger partial charge in [0.05, 0.1) is 38.9 Å². The van der Waals surface area contributed by atoms with Crippen LogP contribution < -0.4 is 0 Å². The fraction of sp³-hybridized carbons (Fsp3) is 0.197. The van der Waals surface area contributed by atoms with E-state index >= 15 is 0 Å². The standard InChI is InChI=1S/C61H50O18/c62-47-45(36-70-53(63)38-22-8-1-9-23-38)72-60(51(77-58(68)43-32-18-6-19-33-43)49(47)75-56(66)41-28-14-4-15-29-41)79-61-52(78-59(69)44-34-20-7-21-35-44)50(76-57(67)42-30-16-5-17-31-42)48(74-55(65)40-26-12-3-13-27-40)46(73-61)37-71-54(64)39-24-10-2-11-25-39/h1-35,45-52,60-62H,36-37H2/t45-,46-,47+,48-,49+,50+,51-,52-,60-,61-/m1/s1. The summed E-state index contributed by atoms with van der Waals surface area (Å²) in [5.41, 5.74) is 0.326. The summed E-state index contributed by atoms with van der Waals surface area (Å²) in [6.07, 6.45) is -18.9. The van der Waals surface area contributed by atoms with Gasteiger partial charge < -0.3 is 52.5 Å². The van der Waals surface area contributed by atoms with Crippen LogP contribution in [0, 0.1) is 0 Å². The summed E-state index contributed by atoms with van der Waals surface area (Å²) in [5.74, 6) is -6.69. The van der Waals surface area contributed by atoms with E-state index in [2.05, 4.69) is 0 Å². The summed E-state index contributed by atoms with van der Waals surface area (Å²) in [7, 11) is 0. The van der Waals surface area contributed by atoms with Crippen molar-refractivity contribution >= 4 is 41.8 Å². The van der Waals surface area contributed by atoms with E-state index in [1.807, 2.05) is 0 Å². The zero-order valence-electron chi connectivity index (χ0n) is 41.8. The number of aliphatic hydroxyl groups is 1. The zero-order valence-corrected chi connectivity index (χ0v) is 41.8. The van der Waals surface area contributed by atoms with Gasteiger partial charge in [-0.15, -0.1) is 0 Å². The molecule has 0 aliphatic carbocycles. The molecule has 0 aromatic heterocycles. The molecule has 18 heteroatoms. The van der Waals surface area contributed by atoms with E-state index in [4.69, 9.17) is 47.4 Å². The minimum atomic E-state index is -2.08. The molecule has 2 saturated heterocycles. The van der Waals surface area contributed by atoms with Gasteiger partial charge in [-0.1, -0.05) is 127 Å². The third-order valence-electron chi connectivity index (χ3n) is 12.5. The molecular formula is C61H50O18. The molecule has 0 unspecified atom stereocenters. The first-order valence-electron chi connectivity index (χ1n) is 24.9. The predicted molar refractivity (Wildman–Crippen MR) is 276 cm³/mol. The van der Waals surface area contributed by atoms with Crippen LogP contribution >= 0.6 is 0 Å². The molecule has 10 atom stereocenters. The molecule has 1 N–H and O–H groups in total. The maximum absolute atomic E-state index is 14.4. The Morgan fingerprint density at radius 3 is 0.873 bits per heavy atom. The van der Waals surface area contributed by atoms with E-state index in [0.29, 0.717) is 0 Å². The lowest BCUT2D eigenvalue weighted by Crippen LogP contribution is -2.66. The second-order valence-corrected chi connectivity index (χ2v) is 17.8. The van der Waals surface area contributed by atoms with Crippen LogP contribution in [0.15, 0.2) is 212 Å². The summed E-state index contributed by atoms with van der Waals surface area (Å²) in [4.78, 5) is 98.2. The molecule has 7 aromatic carbocycles. The lowest BCUT2D eigenvalue weighted by Gasteiger charge is -2.47. The highest BCUT2D eigenvalue weighted by molar-refractivity contribution is 5.93. The molecule has 2 fully saturated rings. The van der Waals surface area contributed by atoms with E-state index in [1.54, 1.807) is 127 Å². The highest BCUT2D eigenvalue weighted by atomic mass is 16.8. The normalized spacial score (nSPS) is 22.4. The first kappa shape index (κ1) is 54.5. The number of aliphatic hydroxyl groups excluding tert-OH is 1. The van der Waals surface area contributed by atoms with Gasteiger partial charge in [0, 0.05) is 0 Å². The molecule has 402 valence electrons. The summed E-state index contributed by atoms with van der Waals surface area (Å²) < 4.78 is 61.9. The number of hydrogen-bond acceptors (Lipinski definition) is 18. The first-order chi connectivity index (χ1) is 38.5. The number of carbonyl (C=O) groups is 7. The molecule has 9 rings (SSSR count). The zero-order chi connectivity index (χ0) is 55.1. The van der Waals surface area contributed by atoms with Crippen molar-refractivity contribution in [2.24, 2.45) is 0 Å². The van der Waals surface area contributed by atoms with Crippen LogP contribution in [0.3, 0.4) is 0 Å². The Kier molecular flexibility index (Phi) is 18.0. The number of rotatable bonds is 18. The number of hydrogen-bond donors (Lipinski definition) is 1. The summed E-state index contributed by atoms with van der Waals surface area (Å²) in [6.45, 7) is -1.47. The van der Waals surface area contributed by atoms with Crippen LogP contribution in [-0.2, 0) is 47.4 Å². The maximum Gasteiger partial charge on any atom is 0.338 e. The molecule has 18 nitrogen and oxygen atoms in total. The molecule has 2 aliphatic rings. The minimum Gasteiger partial charge on any atom is -0.459 e. The largest absolute Gasteiger partial charge is 0.459 e. The third kappa shape index (κ3) is 13.8. The van der Waals surface area contributed by atoms with Gasteiger partial charge in [-0.05, 0) is 84.9 Å². The van der Waals surface area contributed by atoms with Crippen molar-refractivity contribution in [1.82, 2.24) is 0 Å². The second-order valence-electron chi connectivity index (χ2n) is 17.8. The number of ether oxygens (including phenoxy) is 10. The molecular weight excluding hydrogens is 1020 g/mol. The molecule has 2 heterocycles. The van der Waals surface area contributed by atoms with Crippen LogP contribution in [0.5, 0.6) is 0 Å². The molecule has 2 aliphatic heterocycles. The molecule has 7 aromatic rings. The van der Waals surface area contributed by atoms with Gasteiger partial charge in [-0.25, -0.2) is 33.6 Å². The lowest BCUT2D eigenvalue weighted by molar-refractivity contribution is -0.373. The van der Waals surface area contributed by atoms with Gasteiger partial charge in [-0.3, -0.25) is 0 Å². The fourth-order valence-electron chi connectivity index (χ4n) is 8.51. The maximum atomic E-state index is 14.4. The molecule has 0 saturated carbocycles. The average Bonchev–Trinajstić information content (AvgIpc) is 3.58. The van der Waals surface area contributed by atoms with Crippen molar-refractivity contribution in [1.29, 1.82) is 0 Å². The highest BCUT2D eigenvalue weighted by Gasteiger charge is 2.58. The van der Waals surface area contributed by atoms with E-state index in [1.165, 1.54) is 84.9 Å². The third-order valence-corrected chi connectivity index (χ3v) is 12.5. The summed E-state index contributed by atoms with van der Waals surface area (Å²) in [5, 5.41) is 12.2. The van der Waals surface area contributed by atoms with E-state index in [-0.39, 0.29) is 38.9 Å². The summed E-state index contributed by atoms with van der Waals surface area (Å²) >= 11 is 0. The van der Waals surface area contributed by atoms with Gasteiger partial charge >= 0.3 is 41.8 Å². The number of carbonyl (C=O) groups excluding carboxylic acids is 7. The highest BCUT2D eigenvalue weighted by Crippen LogP contribution is 2.36. The SMILES string of the molecule is O=C(OC[C@H]1O[C@H](O[C@H]2O[C@H](COC(=O)c3ccccc3)[C@@H](OC(=O)c3ccccc3)[C@H](OC(=O)c3ccccc3)[C@H]2OC(=O)c2ccccc2)[C@H](OC(=O)c2ccccc2)[C@@H](OC(=O)c2ccccc2)[C@H]1O)c1ccccc1. The van der Waals surface area contributed by atoms with Crippen molar-refractivity contribution < 1.29 is 86.0 Å². The van der Waals surface area contributed by atoms with Crippen molar-refractivity contribution in [3.8, 4) is 0 Å². The van der Waals surface area contributed by atoms with Crippen LogP contribution in [0.2, 0.25) is 0 Å². The van der Waals surface area contributed by atoms with Crippen LogP contribution in [0.4, 0.5) is 0 Å². The fourth-order valence-corrected chi connectivity index (χ4v) is 8.51. The van der Waals surface area contributed by atoms with Gasteiger partial charge in [0.1, 0.15) is 31.5 Å². The van der Waals surface area contributed by atoms with Gasteiger partial charge in [0.25, 0.3) is 0 Å².